The van der Waals surface area contributed by atoms with Gasteiger partial charge in [-0.3, -0.25) is 24.1 Å². The summed E-state index contributed by atoms with van der Waals surface area (Å²) < 4.78 is 5.00. The maximum Gasteiger partial charge on any atom is 0.326 e. The molecule has 1 spiro atoms. The zero-order valence-corrected chi connectivity index (χ0v) is 16.6. The molecule has 0 unspecified atom stereocenters. The zero-order valence-electron chi connectivity index (χ0n) is 16.6. The fraction of sp³-hybridized carbons (Fsp3) is 0.737. The lowest BCUT2D eigenvalue weighted by Crippen LogP contribution is -2.54. The summed E-state index contributed by atoms with van der Waals surface area (Å²) in [5.41, 5.74) is 4.34. The third-order valence-corrected chi connectivity index (χ3v) is 6.40. The highest BCUT2D eigenvalue weighted by Gasteiger charge is 2.55. The van der Waals surface area contributed by atoms with E-state index >= 15 is 0 Å². The van der Waals surface area contributed by atoms with Crippen LogP contribution in [0.2, 0.25) is 0 Å². The first-order valence-electron chi connectivity index (χ1n) is 10.1. The highest BCUT2D eigenvalue weighted by molar-refractivity contribution is 6.09. The van der Waals surface area contributed by atoms with Gasteiger partial charge in [0.1, 0.15) is 12.1 Å². The summed E-state index contributed by atoms with van der Waals surface area (Å²) in [6.07, 6.45) is 4.22. The van der Waals surface area contributed by atoms with Gasteiger partial charge in [0.2, 0.25) is 5.91 Å². The summed E-state index contributed by atoms with van der Waals surface area (Å²) in [5.74, 6) is -2.20. The average molecular weight is 408 g/mol. The Morgan fingerprint density at radius 2 is 1.86 bits per heavy atom. The summed E-state index contributed by atoms with van der Waals surface area (Å²) in [4.78, 5) is 63.0. The number of nitrogens with two attached hydrogens (primary N) is 1. The summed E-state index contributed by atoms with van der Waals surface area (Å²) in [6, 6.07) is -0.597. The lowest BCUT2D eigenvalue weighted by molar-refractivity contribution is -0.154. The maximum atomic E-state index is 12.8. The molecule has 29 heavy (non-hydrogen) atoms. The molecule has 0 aromatic rings. The van der Waals surface area contributed by atoms with Crippen LogP contribution in [0, 0.1) is 11.8 Å². The van der Waals surface area contributed by atoms with Crippen molar-refractivity contribution in [2.45, 2.75) is 51.0 Å². The number of primary amides is 1. The van der Waals surface area contributed by atoms with E-state index in [2.05, 4.69) is 5.32 Å². The van der Waals surface area contributed by atoms with Crippen LogP contribution in [0.3, 0.4) is 0 Å². The monoisotopic (exact) mass is 408 g/mol. The average Bonchev–Trinajstić information content (AvgIpc) is 2.93. The molecule has 5 amide bonds. The number of piperidine rings is 1. The summed E-state index contributed by atoms with van der Waals surface area (Å²) >= 11 is 0. The minimum Gasteiger partial charge on any atom is -0.454 e. The smallest absolute Gasteiger partial charge is 0.326 e. The number of nitrogens with zero attached hydrogens (tertiary/aromatic N) is 2. The van der Waals surface area contributed by atoms with E-state index in [1.54, 1.807) is 0 Å². The van der Waals surface area contributed by atoms with Crippen molar-refractivity contribution in [2.75, 3.05) is 26.2 Å². The van der Waals surface area contributed by atoms with Crippen LogP contribution in [0.1, 0.15) is 45.4 Å². The number of carbonyl (C=O) groups is 5. The highest BCUT2D eigenvalue weighted by atomic mass is 16.5. The predicted octanol–water partition coefficient (Wildman–Crippen LogP) is -0.246. The van der Waals surface area contributed by atoms with E-state index in [9.17, 15) is 24.0 Å². The Kier molecular flexibility index (Phi) is 6.09. The molecule has 1 aliphatic carbocycles. The summed E-state index contributed by atoms with van der Waals surface area (Å²) in [7, 11) is 0. The molecule has 3 rings (SSSR count). The number of carbonyl (C=O) groups excluding carboxylic acids is 5. The van der Waals surface area contributed by atoms with E-state index in [0.717, 1.165) is 24.2 Å². The normalized spacial score (nSPS) is 27.8. The lowest BCUT2D eigenvalue weighted by atomic mass is 9.73. The van der Waals surface area contributed by atoms with Gasteiger partial charge in [-0.2, -0.15) is 0 Å². The van der Waals surface area contributed by atoms with Gasteiger partial charge in [0.05, 0.1) is 0 Å². The molecule has 10 heteroatoms. The number of nitrogens with one attached hydrogen (secondary N) is 1. The van der Waals surface area contributed by atoms with E-state index in [0.29, 0.717) is 32.4 Å². The van der Waals surface area contributed by atoms with Crippen molar-refractivity contribution in [1.82, 2.24) is 15.1 Å². The zero-order chi connectivity index (χ0) is 21.2. The number of imide groups is 1. The van der Waals surface area contributed by atoms with Crippen molar-refractivity contribution in [1.29, 1.82) is 0 Å². The number of ether oxygens (including phenoxy) is 1. The number of rotatable bonds is 5. The van der Waals surface area contributed by atoms with Crippen LogP contribution in [0.5, 0.6) is 0 Å². The molecule has 2 saturated heterocycles. The van der Waals surface area contributed by atoms with Crippen molar-refractivity contribution in [3.05, 3.63) is 0 Å². The number of hydrogen-bond acceptors (Lipinski definition) is 6. The predicted molar refractivity (Wildman–Crippen MR) is 100 cm³/mol. The molecule has 160 valence electrons. The van der Waals surface area contributed by atoms with Gasteiger partial charge in [0.25, 0.3) is 11.8 Å². The van der Waals surface area contributed by atoms with Crippen LogP contribution in [0.25, 0.3) is 0 Å². The second-order valence-electron chi connectivity index (χ2n) is 8.16. The Morgan fingerprint density at radius 1 is 1.17 bits per heavy atom. The first-order valence-corrected chi connectivity index (χ1v) is 10.1. The lowest BCUT2D eigenvalue weighted by Gasteiger charge is -2.36. The van der Waals surface area contributed by atoms with Gasteiger partial charge in [0.15, 0.2) is 6.61 Å². The third kappa shape index (κ3) is 4.20. The molecule has 3 aliphatic rings. The van der Waals surface area contributed by atoms with E-state index in [1.165, 1.54) is 4.90 Å². The SMILES string of the molecule is C[C@H]1CCCC[C@]12NC(=O)N(CC(=O)OCC(=O)N1CCC(C(N)=O)CC1)C2=O. The van der Waals surface area contributed by atoms with Gasteiger partial charge in [-0.25, -0.2) is 4.79 Å². The fourth-order valence-electron chi connectivity index (χ4n) is 4.46. The Morgan fingerprint density at radius 3 is 2.48 bits per heavy atom. The topological polar surface area (TPSA) is 139 Å². The van der Waals surface area contributed by atoms with Crippen LogP contribution in [0.4, 0.5) is 4.79 Å². The summed E-state index contributed by atoms with van der Waals surface area (Å²) in [5, 5.41) is 2.77. The van der Waals surface area contributed by atoms with Crippen molar-refractivity contribution < 1.29 is 28.7 Å². The molecule has 3 fully saturated rings. The number of hydrogen-bond donors (Lipinski definition) is 2. The van der Waals surface area contributed by atoms with Crippen LogP contribution in [-0.2, 0) is 23.9 Å². The van der Waals surface area contributed by atoms with Crippen LogP contribution >= 0.6 is 0 Å². The Bertz CT molecular complexity index is 717. The van der Waals surface area contributed by atoms with Gasteiger partial charge in [0, 0.05) is 19.0 Å². The first kappa shape index (κ1) is 21.1. The van der Waals surface area contributed by atoms with Crippen LogP contribution in [-0.4, -0.2) is 71.3 Å². The second-order valence-corrected chi connectivity index (χ2v) is 8.16. The molecular weight excluding hydrogens is 380 g/mol. The molecule has 10 nitrogen and oxygen atoms in total. The Hall–Kier alpha value is -2.65. The van der Waals surface area contributed by atoms with Crippen molar-refractivity contribution in [2.24, 2.45) is 17.6 Å². The molecule has 2 heterocycles. The number of likely N-dealkylation sites (tertiary alicyclic amines) is 1. The number of esters is 1. The number of urea groups is 1. The van der Waals surface area contributed by atoms with Crippen LogP contribution < -0.4 is 11.1 Å². The summed E-state index contributed by atoms with van der Waals surface area (Å²) in [6.45, 7) is 1.69. The first-order chi connectivity index (χ1) is 13.7. The van der Waals surface area contributed by atoms with Gasteiger partial charge >= 0.3 is 12.0 Å². The van der Waals surface area contributed by atoms with E-state index in [1.807, 2.05) is 6.92 Å². The van der Waals surface area contributed by atoms with Crippen molar-refractivity contribution in [3.63, 3.8) is 0 Å². The van der Waals surface area contributed by atoms with Gasteiger partial charge in [-0.05, 0) is 31.6 Å². The Labute approximate surface area is 169 Å². The molecule has 0 aromatic carbocycles. The van der Waals surface area contributed by atoms with Crippen molar-refractivity contribution >= 4 is 29.7 Å². The molecule has 0 aromatic heterocycles. The van der Waals surface area contributed by atoms with Gasteiger partial charge in [-0.1, -0.05) is 19.8 Å². The minimum atomic E-state index is -0.934. The molecule has 0 bridgehead atoms. The van der Waals surface area contributed by atoms with E-state index < -0.39 is 36.6 Å². The standard InChI is InChI=1S/C19H28N4O6/c1-12-4-2-3-7-19(12)17(27)23(18(28)21-19)10-15(25)29-11-14(24)22-8-5-13(6-9-22)16(20)26/h12-13H,2-11H2,1H3,(H2,20,26)(H,21,28)/t12-,19-/m0/s1. The molecule has 3 N–H and O–H groups in total. The third-order valence-electron chi connectivity index (χ3n) is 6.40. The molecule has 2 aliphatic heterocycles. The Balaban J connectivity index is 1.48. The molecular formula is C19H28N4O6. The minimum absolute atomic E-state index is 0.00127. The fourth-order valence-corrected chi connectivity index (χ4v) is 4.46. The van der Waals surface area contributed by atoms with Crippen molar-refractivity contribution in [3.8, 4) is 0 Å². The van der Waals surface area contributed by atoms with Gasteiger partial charge < -0.3 is 20.7 Å². The number of amides is 5. The maximum absolute atomic E-state index is 12.8. The molecule has 0 radical (unpaired) electrons. The largest absolute Gasteiger partial charge is 0.454 e. The highest BCUT2D eigenvalue weighted by Crippen LogP contribution is 2.38. The quantitative estimate of drug-likeness (QED) is 0.475. The molecule has 2 atom stereocenters. The van der Waals surface area contributed by atoms with E-state index in [4.69, 9.17) is 10.5 Å². The molecule has 1 saturated carbocycles. The van der Waals surface area contributed by atoms with Gasteiger partial charge in [-0.15, -0.1) is 0 Å². The second kappa shape index (κ2) is 8.38. The van der Waals surface area contributed by atoms with Crippen LogP contribution in [0.15, 0.2) is 0 Å². The van der Waals surface area contributed by atoms with E-state index in [-0.39, 0.29) is 23.7 Å².